The van der Waals surface area contributed by atoms with E-state index in [9.17, 15) is 14.4 Å². The van der Waals surface area contributed by atoms with Gasteiger partial charge in [-0.05, 0) is 25.1 Å². The Morgan fingerprint density at radius 3 is 2.81 bits per heavy atom. The number of carboxylic acid groups (broad SMARTS) is 1. The first-order valence-electron chi connectivity index (χ1n) is 8.60. The molecule has 8 heteroatoms. The smallest absolute Gasteiger partial charge is 0.339 e. The molecule has 3 rings (SSSR count). The zero-order chi connectivity index (χ0) is 19.6. The quantitative estimate of drug-likeness (QED) is 0.829. The maximum Gasteiger partial charge on any atom is 0.339 e. The Balaban J connectivity index is 1.61. The molecule has 1 N–H and O–H groups in total. The van der Waals surface area contributed by atoms with Crippen molar-refractivity contribution < 1.29 is 23.9 Å². The first-order valence-corrected chi connectivity index (χ1v) is 8.60. The van der Waals surface area contributed by atoms with Crippen LogP contribution in [0, 0.1) is 12.8 Å². The molecule has 1 fully saturated rings. The van der Waals surface area contributed by atoms with E-state index in [1.807, 2.05) is 18.2 Å². The Hall–Kier alpha value is -3.16. The number of aromatic nitrogens is 1. The molecule has 0 aromatic carbocycles. The summed E-state index contributed by atoms with van der Waals surface area (Å²) in [5, 5.41) is 9.09. The minimum Gasteiger partial charge on any atom is -0.478 e. The van der Waals surface area contributed by atoms with Gasteiger partial charge < -0.3 is 19.3 Å². The second kappa shape index (κ2) is 7.61. The summed E-state index contributed by atoms with van der Waals surface area (Å²) in [5.41, 5.74) is 0.864. The summed E-state index contributed by atoms with van der Waals surface area (Å²) in [6.07, 6.45) is 1.83. The zero-order valence-electron chi connectivity index (χ0n) is 15.2. The molecular formula is C19H21N3O5. The number of pyridine rings is 1. The van der Waals surface area contributed by atoms with Gasteiger partial charge in [-0.2, -0.15) is 0 Å². The molecule has 0 unspecified atom stereocenters. The third kappa shape index (κ3) is 4.16. The van der Waals surface area contributed by atoms with Crippen LogP contribution in [0.2, 0.25) is 0 Å². The van der Waals surface area contributed by atoms with Crippen LogP contribution in [0.3, 0.4) is 0 Å². The summed E-state index contributed by atoms with van der Waals surface area (Å²) in [6, 6.07) is 6.93. The highest BCUT2D eigenvalue weighted by atomic mass is 16.4. The van der Waals surface area contributed by atoms with Gasteiger partial charge in [0.2, 0.25) is 11.8 Å². The molecule has 2 aromatic heterocycles. The summed E-state index contributed by atoms with van der Waals surface area (Å²) in [4.78, 5) is 43.3. The number of carbonyl (C=O) groups is 3. The Kier molecular flexibility index (Phi) is 5.25. The first-order chi connectivity index (χ1) is 12.8. The van der Waals surface area contributed by atoms with E-state index in [2.05, 4.69) is 4.98 Å². The fourth-order valence-corrected chi connectivity index (χ4v) is 3.23. The zero-order valence-corrected chi connectivity index (χ0v) is 15.2. The van der Waals surface area contributed by atoms with Gasteiger partial charge in [-0.25, -0.2) is 4.79 Å². The van der Waals surface area contributed by atoms with Crippen molar-refractivity contribution in [1.29, 1.82) is 0 Å². The highest BCUT2D eigenvalue weighted by molar-refractivity contribution is 5.90. The van der Waals surface area contributed by atoms with Crippen LogP contribution in [-0.4, -0.2) is 51.3 Å². The molecule has 0 bridgehead atoms. The van der Waals surface area contributed by atoms with E-state index in [1.54, 1.807) is 25.1 Å². The molecule has 0 saturated carbocycles. The van der Waals surface area contributed by atoms with Gasteiger partial charge in [0.15, 0.2) is 0 Å². The maximum atomic E-state index is 12.7. The summed E-state index contributed by atoms with van der Waals surface area (Å²) < 4.78 is 5.42. The number of rotatable bonds is 6. The molecule has 1 aliphatic heterocycles. The molecule has 0 aliphatic carbocycles. The number of aryl methyl sites for hydroxylation is 1. The number of hydrogen-bond acceptors (Lipinski definition) is 5. The van der Waals surface area contributed by atoms with Crippen LogP contribution < -0.4 is 0 Å². The Labute approximate surface area is 156 Å². The minimum absolute atomic E-state index is 0.0746. The normalized spacial score (nSPS) is 16.6. The standard InChI is InChI=1S/C19H21N3O5/c1-12-16(19(25)26)8-15(27-12)11-21(2)18(24)13-7-17(23)22(9-13)10-14-5-3-4-6-20-14/h3-6,8,13H,7,9-11H2,1-2H3,(H,25,26)/t13-/m0/s1. The second-order valence-electron chi connectivity index (χ2n) is 6.68. The maximum absolute atomic E-state index is 12.7. The largest absolute Gasteiger partial charge is 0.478 e. The lowest BCUT2D eigenvalue weighted by molar-refractivity contribution is -0.135. The Morgan fingerprint density at radius 2 is 2.19 bits per heavy atom. The minimum atomic E-state index is -1.07. The van der Waals surface area contributed by atoms with E-state index < -0.39 is 11.9 Å². The number of likely N-dealkylation sites (tertiary alicyclic amines) is 1. The fourth-order valence-electron chi connectivity index (χ4n) is 3.23. The molecule has 1 atom stereocenters. The molecular weight excluding hydrogens is 350 g/mol. The lowest BCUT2D eigenvalue weighted by Crippen LogP contribution is -2.34. The van der Waals surface area contributed by atoms with Crippen LogP contribution in [0.5, 0.6) is 0 Å². The molecule has 27 heavy (non-hydrogen) atoms. The van der Waals surface area contributed by atoms with Gasteiger partial charge in [-0.15, -0.1) is 0 Å². The average molecular weight is 371 g/mol. The summed E-state index contributed by atoms with van der Waals surface area (Å²) in [6.45, 7) is 2.44. The van der Waals surface area contributed by atoms with Crippen molar-refractivity contribution >= 4 is 17.8 Å². The predicted octanol–water partition coefficient (Wildman–Crippen LogP) is 1.69. The number of hydrogen-bond donors (Lipinski definition) is 1. The van der Waals surface area contributed by atoms with E-state index in [0.29, 0.717) is 24.6 Å². The van der Waals surface area contributed by atoms with Crippen molar-refractivity contribution in [2.75, 3.05) is 13.6 Å². The average Bonchev–Trinajstić information content (AvgIpc) is 3.18. The highest BCUT2D eigenvalue weighted by Crippen LogP contribution is 2.23. The lowest BCUT2D eigenvalue weighted by atomic mass is 10.1. The fraction of sp³-hybridized carbons (Fsp3) is 0.368. The third-order valence-electron chi connectivity index (χ3n) is 4.61. The molecule has 142 valence electrons. The summed E-state index contributed by atoms with van der Waals surface area (Å²) in [5.74, 6) is -1.04. The van der Waals surface area contributed by atoms with Crippen molar-refractivity contribution in [1.82, 2.24) is 14.8 Å². The third-order valence-corrected chi connectivity index (χ3v) is 4.61. The number of carboxylic acids is 1. The van der Waals surface area contributed by atoms with Gasteiger partial charge >= 0.3 is 5.97 Å². The van der Waals surface area contributed by atoms with Crippen LogP contribution in [0.25, 0.3) is 0 Å². The van der Waals surface area contributed by atoms with Gasteiger partial charge in [0.25, 0.3) is 0 Å². The van der Waals surface area contributed by atoms with Crippen molar-refractivity contribution in [2.24, 2.45) is 5.92 Å². The molecule has 1 saturated heterocycles. The molecule has 2 amide bonds. The Bertz CT molecular complexity index is 861. The first kappa shape index (κ1) is 18.6. The summed E-state index contributed by atoms with van der Waals surface area (Å²) >= 11 is 0. The number of furan rings is 1. The van der Waals surface area contributed by atoms with Crippen LogP contribution in [0.4, 0.5) is 0 Å². The van der Waals surface area contributed by atoms with Crippen molar-refractivity contribution in [2.45, 2.75) is 26.4 Å². The molecule has 2 aromatic rings. The van der Waals surface area contributed by atoms with E-state index in [0.717, 1.165) is 5.69 Å². The highest BCUT2D eigenvalue weighted by Gasteiger charge is 2.36. The van der Waals surface area contributed by atoms with Crippen molar-refractivity contribution in [3.8, 4) is 0 Å². The monoisotopic (exact) mass is 371 g/mol. The van der Waals surface area contributed by atoms with Crippen LogP contribution in [-0.2, 0) is 22.7 Å². The van der Waals surface area contributed by atoms with Gasteiger partial charge in [0.1, 0.15) is 17.1 Å². The SMILES string of the molecule is Cc1oc(CN(C)C(=O)[C@H]2CC(=O)N(Cc3ccccn3)C2)cc1C(=O)O. The van der Waals surface area contributed by atoms with Gasteiger partial charge in [-0.3, -0.25) is 14.6 Å². The van der Waals surface area contributed by atoms with E-state index in [4.69, 9.17) is 9.52 Å². The van der Waals surface area contributed by atoms with Gasteiger partial charge in [-0.1, -0.05) is 6.07 Å². The van der Waals surface area contributed by atoms with Crippen LogP contribution >= 0.6 is 0 Å². The number of aromatic carboxylic acids is 1. The molecule has 0 spiro atoms. The molecule has 3 heterocycles. The number of amides is 2. The summed E-state index contributed by atoms with van der Waals surface area (Å²) in [7, 11) is 1.62. The van der Waals surface area contributed by atoms with Crippen LogP contribution in [0.15, 0.2) is 34.9 Å². The Morgan fingerprint density at radius 1 is 1.41 bits per heavy atom. The lowest BCUT2D eigenvalue weighted by Gasteiger charge is -2.20. The van der Waals surface area contributed by atoms with Crippen molar-refractivity contribution in [3.05, 3.63) is 53.2 Å². The van der Waals surface area contributed by atoms with E-state index >= 15 is 0 Å². The van der Waals surface area contributed by atoms with E-state index in [1.165, 1.54) is 11.0 Å². The van der Waals surface area contributed by atoms with Gasteiger partial charge in [0.05, 0.1) is 24.7 Å². The predicted molar refractivity (Wildman–Crippen MR) is 94.6 cm³/mol. The number of nitrogens with zero attached hydrogens (tertiary/aromatic N) is 3. The molecule has 1 aliphatic rings. The van der Waals surface area contributed by atoms with Crippen LogP contribution in [0.1, 0.15) is 34.0 Å². The topological polar surface area (TPSA) is 104 Å². The second-order valence-corrected chi connectivity index (χ2v) is 6.68. The van der Waals surface area contributed by atoms with Crippen molar-refractivity contribution in [3.63, 3.8) is 0 Å². The molecule has 0 radical (unpaired) electrons. The van der Waals surface area contributed by atoms with Gasteiger partial charge in [0, 0.05) is 26.2 Å². The number of carbonyl (C=O) groups excluding carboxylic acids is 2. The van der Waals surface area contributed by atoms with E-state index in [-0.39, 0.29) is 30.3 Å². The molecule has 8 nitrogen and oxygen atoms in total.